The lowest BCUT2D eigenvalue weighted by Gasteiger charge is -2.17. The fourth-order valence-electron chi connectivity index (χ4n) is 2.77. The summed E-state index contributed by atoms with van der Waals surface area (Å²) >= 11 is 1.38. The van der Waals surface area contributed by atoms with E-state index in [4.69, 9.17) is 0 Å². The summed E-state index contributed by atoms with van der Waals surface area (Å²) in [5.74, 6) is 0.253. The summed E-state index contributed by atoms with van der Waals surface area (Å²) in [6.45, 7) is 2.08. The van der Waals surface area contributed by atoms with Crippen LogP contribution in [0.4, 0.5) is 5.69 Å². The van der Waals surface area contributed by atoms with Gasteiger partial charge >= 0.3 is 0 Å². The Morgan fingerprint density at radius 1 is 1.12 bits per heavy atom. The minimum Gasteiger partial charge on any atom is -0.280 e. The molecule has 6 nitrogen and oxygen atoms in total. The second kappa shape index (κ2) is 6.76. The molecule has 0 unspecified atom stereocenters. The summed E-state index contributed by atoms with van der Waals surface area (Å²) in [7, 11) is 0. The number of nitrogens with zero attached hydrogens (tertiary/aromatic N) is 4. The number of benzene rings is 2. The molecular formula is C19H16N4O2S. The van der Waals surface area contributed by atoms with E-state index in [-0.39, 0.29) is 18.1 Å². The number of aliphatic imine (C=N–C) groups is 1. The molecule has 1 amide bonds. The standard InChI is InChI=1S/C19H16N4O2S/c1-13-6-2-4-8-15(13)21-19-23(17(24)10-26-19)12-22-11-20-16-9-5-3-7-14(16)18(22)25/h2-9,11H,10,12H2,1H3. The van der Waals surface area contributed by atoms with Crippen molar-refractivity contribution in [3.63, 3.8) is 0 Å². The van der Waals surface area contributed by atoms with Crippen molar-refractivity contribution in [1.82, 2.24) is 14.5 Å². The predicted molar refractivity (Wildman–Crippen MR) is 104 cm³/mol. The van der Waals surface area contributed by atoms with E-state index in [1.54, 1.807) is 18.2 Å². The first-order chi connectivity index (χ1) is 12.6. The summed E-state index contributed by atoms with van der Waals surface area (Å²) in [4.78, 5) is 35.5. The highest BCUT2D eigenvalue weighted by Gasteiger charge is 2.29. The van der Waals surface area contributed by atoms with Gasteiger partial charge in [0.05, 0.1) is 28.7 Å². The molecule has 0 spiro atoms. The Kier molecular flexibility index (Phi) is 4.30. The van der Waals surface area contributed by atoms with Crippen molar-refractivity contribution in [3.05, 3.63) is 70.8 Å². The zero-order chi connectivity index (χ0) is 18.1. The molecule has 1 saturated heterocycles. The zero-order valence-electron chi connectivity index (χ0n) is 14.1. The van der Waals surface area contributed by atoms with Crippen LogP contribution in [0.3, 0.4) is 0 Å². The summed E-state index contributed by atoms with van der Waals surface area (Å²) in [5, 5.41) is 1.14. The fourth-order valence-corrected chi connectivity index (χ4v) is 3.66. The van der Waals surface area contributed by atoms with Gasteiger partial charge < -0.3 is 0 Å². The first kappa shape index (κ1) is 16.5. The predicted octanol–water partition coefficient (Wildman–Crippen LogP) is 2.93. The molecule has 2 aromatic carbocycles. The maximum atomic E-state index is 12.7. The third kappa shape index (κ3) is 3.01. The number of carbonyl (C=O) groups excluding carboxylic acids is 1. The second-order valence-corrected chi connectivity index (χ2v) is 6.91. The molecule has 0 saturated carbocycles. The monoisotopic (exact) mass is 364 g/mol. The van der Waals surface area contributed by atoms with Gasteiger partial charge in [0.2, 0.25) is 5.91 Å². The quantitative estimate of drug-likeness (QED) is 0.717. The number of fused-ring (bicyclic) bond motifs is 1. The largest absolute Gasteiger partial charge is 0.280 e. The minimum atomic E-state index is -0.171. The molecule has 1 aliphatic heterocycles. The van der Waals surface area contributed by atoms with Crippen LogP contribution in [-0.2, 0) is 11.5 Å². The van der Waals surface area contributed by atoms with Gasteiger partial charge in [-0.25, -0.2) is 9.98 Å². The van der Waals surface area contributed by atoms with Crippen molar-refractivity contribution in [2.24, 2.45) is 4.99 Å². The van der Waals surface area contributed by atoms with E-state index < -0.39 is 0 Å². The highest BCUT2D eigenvalue weighted by molar-refractivity contribution is 8.15. The summed E-state index contributed by atoms with van der Waals surface area (Å²) < 4.78 is 1.44. The molecule has 2 heterocycles. The number of amidine groups is 1. The molecule has 1 fully saturated rings. The van der Waals surface area contributed by atoms with Crippen LogP contribution in [-0.4, -0.2) is 31.3 Å². The lowest BCUT2D eigenvalue weighted by Crippen LogP contribution is -2.36. The SMILES string of the molecule is Cc1ccccc1N=C1SCC(=O)N1Cn1cnc2ccccc2c1=O. The van der Waals surface area contributed by atoms with Gasteiger partial charge in [-0.1, -0.05) is 42.1 Å². The van der Waals surface area contributed by atoms with Crippen LogP contribution in [0.25, 0.3) is 10.9 Å². The molecule has 0 aliphatic carbocycles. The summed E-state index contributed by atoms with van der Waals surface area (Å²) in [6.07, 6.45) is 1.48. The molecule has 4 rings (SSSR count). The van der Waals surface area contributed by atoms with E-state index in [0.29, 0.717) is 21.8 Å². The van der Waals surface area contributed by atoms with E-state index >= 15 is 0 Å². The third-order valence-electron chi connectivity index (χ3n) is 4.21. The van der Waals surface area contributed by atoms with Gasteiger partial charge in [-0.15, -0.1) is 0 Å². The van der Waals surface area contributed by atoms with Gasteiger partial charge in [-0.05, 0) is 30.7 Å². The smallest absolute Gasteiger partial charge is 0.262 e. The lowest BCUT2D eigenvalue weighted by atomic mass is 10.2. The third-order valence-corrected chi connectivity index (χ3v) is 5.17. The van der Waals surface area contributed by atoms with Gasteiger partial charge in [0.25, 0.3) is 5.56 Å². The molecule has 7 heteroatoms. The number of rotatable bonds is 3. The fraction of sp³-hybridized carbons (Fsp3) is 0.158. The molecular weight excluding hydrogens is 348 g/mol. The van der Waals surface area contributed by atoms with E-state index in [9.17, 15) is 9.59 Å². The second-order valence-electron chi connectivity index (χ2n) is 5.97. The van der Waals surface area contributed by atoms with Crippen LogP contribution < -0.4 is 5.56 Å². The molecule has 0 N–H and O–H groups in total. The number of hydrogen-bond acceptors (Lipinski definition) is 5. The Hall–Kier alpha value is -2.93. The molecule has 130 valence electrons. The number of hydrogen-bond donors (Lipinski definition) is 0. The molecule has 0 atom stereocenters. The van der Waals surface area contributed by atoms with Gasteiger partial charge in [-0.3, -0.25) is 19.1 Å². The van der Waals surface area contributed by atoms with Crippen molar-refractivity contribution in [2.45, 2.75) is 13.6 Å². The van der Waals surface area contributed by atoms with Crippen molar-refractivity contribution >= 4 is 39.4 Å². The van der Waals surface area contributed by atoms with Crippen molar-refractivity contribution in [3.8, 4) is 0 Å². The Bertz CT molecular complexity index is 1090. The number of thioether (sulfide) groups is 1. The van der Waals surface area contributed by atoms with Crippen molar-refractivity contribution < 1.29 is 4.79 Å². The van der Waals surface area contributed by atoms with E-state index in [1.165, 1.54) is 27.6 Å². The van der Waals surface area contributed by atoms with Gasteiger partial charge in [0, 0.05) is 0 Å². The first-order valence-corrected chi connectivity index (χ1v) is 9.14. The topological polar surface area (TPSA) is 67.6 Å². The van der Waals surface area contributed by atoms with Crippen molar-refractivity contribution in [2.75, 3.05) is 5.75 Å². The van der Waals surface area contributed by atoms with Crippen LogP contribution >= 0.6 is 11.8 Å². The zero-order valence-corrected chi connectivity index (χ0v) is 14.9. The molecule has 26 heavy (non-hydrogen) atoms. The Morgan fingerprint density at radius 3 is 2.73 bits per heavy atom. The Labute approximate surface area is 154 Å². The van der Waals surface area contributed by atoms with Crippen LogP contribution in [0, 0.1) is 6.92 Å². The number of amides is 1. The summed E-state index contributed by atoms with van der Waals surface area (Å²) in [5.41, 5.74) is 2.32. The van der Waals surface area contributed by atoms with Crippen LogP contribution in [0.1, 0.15) is 5.56 Å². The molecule has 1 aliphatic rings. The minimum absolute atomic E-state index is 0.0672. The summed E-state index contributed by atoms with van der Waals surface area (Å²) in [6, 6.07) is 14.9. The van der Waals surface area contributed by atoms with E-state index in [1.807, 2.05) is 37.3 Å². The maximum absolute atomic E-state index is 12.7. The van der Waals surface area contributed by atoms with Crippen LogP contribution in [0.2, 0.25) is 0 Å². The highest BCUT2D eigenvalue weighted by atomic mass is 32.2. The molecule has 0 radical (unpaired) electrons. The number of aryl methyl sites for hydroxylation is 1. The van der Waals surface area contributed by atoms with Gasteiger partial charge in [0.1, 0.15) is 6.67 Å². The molecule has 1 aromatic heterocycles. The first-order valence-electron chi connectivity index (χ1n) is 8.15. The van der Waals surface area contributed by atoms with Crippen molar-refractivity contribution in [1.29, 1.82) is 0 Å². The van der Waals surface area contributed by atoms with E-state index in [0.717, 1.165) is 11.3 Å². The number of aromatic nitrogens is 2. The van der Waals surface area contributed by atoms with Gasteiger partial charge in [-0.2, -0.15) is 0 Å². The van der Waals surface area contributed by atoms with Gasteiger partial charge in [0.15, 0.2) is 5.17 Å². The maximum Gasteiger partial charge on any atom is 0.262 e. The normalized spacial score (nSPS) is 16.0. The van der Waals surface area contributed by atoms with Crippen LogP contribution in [0.5, 0.6) is 0 Å². The van der Waals surface area contributed by atoms with E-state index in [2.05, 4.69) is 9.98 Å². The average molecular weight is 364 g/mol. The average Bonchev–Trinajstić information content (AvgIpc) is 2.99. The Balaban J connectivity index is 1.70. The lowest BCUT2D eigenvalue weighted by molar-refractivity contribution is -0.125. The molecule has 3 aromatic rings. The number of carbonyl (C=O) groups is 1. The number of para-hydroxylation sites is 2. The molecule has 0 bridgehead atoms. The highest BCUT2D eigenvalue weighted by Crippen LogP contribution is 2.26. The Morgan fingerprint density at radius 2 is 1.88 bits per heavy atom. The van der Waals surface area contributed by atoms with Crippen LogP contribution in [0.15, 0.2) is 64.6 Å².